The number of nitrogens with zero attached hydrogens (tertiary/aromatic N) is 2. The summed E-state index contributed by atoms with van der Waals surface area (Å²) >= 11 is 0. The van der Waals surface area contributed by atoms with Crippen LogP contribution in [0.15, 0.2) is 4.42 Å². The second-order valence-corrected chi connectivity index (χ2v) is 4.55. The molecule has 1 aromatic heterocycles. The molecule has 1 N–H and O–H groups in total. The van der Waals surface area contributed by atoms with Gasteiger partial charge in [0.05, 0.1) is 6.04 Å². The molecule has 0 aliphatic heterocycles. The van der Waals surface area contributed by atoms with Crippen molar-refractivity contribution in [2.24, 2.45) is 0 Å². The van der Waals surface area contributed by atoms with Crippen LogP contribution in [0.5, 0.6) is 0 Å². The molecule has 1 aliphatic rings. The van der Waals surface area contributed by atoms with Crippen LogP contribution in [0.4, 0.5) is 8.78 Å². The molecule has 0 amide bonds. The van der Waals surface area contributed by atoms with Gasteiger partial charge in [0.2, 0.25) is 17.7 Å². The van der Waals surface area contributed by atoms with Gasteiger partial charge in [-0.05, 0) is 19.9 Å². The van der Waals surface area contributed by atoms with E-state index in [1.54, 1.807) is 0 Å². The summed E-state index contributed by atoms with van der Waals surface area (Å²) in [6.07, 6.45) is 0.159. The Bertz CT molecular complexity index is 381. The fourth-order valence-electron chi connectivity index (χ4n) is 2.14. The van der Waals surface area contributed by atoms with E-state index < -0.39 is 5.92 Å². The molecule has 2 atom stereocenters. The van der Waals surface area contributed by atoms with E-state index >= 15 is 0 Å². The highest BCUT2D eigenvalue weighted by Crippen LogP contribution is 2.43. The number of halogens is 2. The number of hydrogen-bond donors (Lipinski definition) is 1. The van der Waals surface area contributed by atoms with Crippen LogP contribution >= 0.6 is 0 Å². The fraction of sp³-hybridized carbons (Fsp3) is 0.818. The van der Waals surface area contributed by atoms with Crippen molar-refractivity contribution >= 4 is 0 Å². The quantitative estimate of drug-likeness (QED) is 0.886. The summed E-state index contributed by atoms with van der Waals surface area (Å²) in [5.41, 5.74) is 0. The minimum atomic E-state index is -2.58. The lowest BCUT2D eigenvalue weighted by molar-refractivity contribution is 0.00700. The van der Waals surface area contributed by atoms with Gasteiger partial charge in [0.15, 0.2) is 0 Å². The summed E-state index contributed by atoms with van der Waals surface area (Å²) in [4.78, 5) is 0. The third-order valence-corrected chi connectivity index (χ3v) is 3.09. The monoisotopic (exact) mass is 245 g/mol. The van der Waals surface area contributed by atoms with E-state index in [2.05, 4.69) is 15.5 Å². The number of aromatic nitrogens is 2. The van der Waals surface area contributed by atoms with Crippen LogP contribution < -0.4 is 5.32 Å². The van der Waals surface area contributed by atoms with Crippen LogP contribution in [-0.4, -0.2) is 22.7 Å². The molecule has 0 saturated heterocycles. The molecule has 0 spiro atoms. The molecule has 96 valence electrons. The minimum absolute atomic E-state index is 0.0387. The van der Waals surface area contributed by atoms with E-state index in [1.165, 1.54) is 0 Å². The van der Waals surface area contributed by atoms with Gasteiger partial charge in [-0.2, -0.15) is 0 Å². The Morgan fingerprint density at radius 2 is 2.29 bits per heavy atom. The Balaban J connectivity index is 2.04. The first-order valence-corrected chi connectivity index (χ1v) is 5.96. The van der Waals surface area contributed by atoms with Crippen molar-refractivity contribution < 1.29 is 13.2 Å². The largest absolute Gasteiger partial charge is 0.423 e. The predicted octanol–water partition coefficient (Wildman–Crippen LogP) is 2.64. The molecule has 1 saturated carbocycles. The highest BCUT2D eigenvalue weighted by atomic mass is 19.3. The fourth-order valence-corrected chi connectivity index (χ4v) is 2.14. The maximum absolute atomic E-state index is 13.1. The molecule has 6 heteroatoms. The van der Waals surface area contributed by atoms with Crippen LogP contribution in [0.3, 0.4) is 0 Å². The van der Waals surface area contributed by atoms with Crippen molar-refractivity contribution in [3.05, 3.63) is 11.8 Å². The molecule has 1 aliphatic carbocycles. The molecule has 0 bridgehead atoms. The Kier molecular flexibility index (Phi) is 3.42. The van der Waals surface area contributed by atoms with Crippen LogP contribution in [0.1, 0.15) is 56.9 Å². The topological polar surface area (TPSA) is 51.0 Å². The first-order chi connectivity index (χ1) is 8.02. The van der Waals surface area contributed by atoms with Gasteiger partial charge in [-0.15, -0.1) is 10.2 Å². The summed E-state index contributed by atoms with van der Waals surface area (Å²) < 4.78 is 31.6. The number of alkyl halides is 2. The first-order valence-electron chi connectivity index (χ1n) is 5.96. The highest BCUT2D eigenvalue weighted by Gasteiger charge is 2.42. The lowest BCUT2D eigenvalue weighted by atomic mass is 10.1. The van der Waals surface area contributed by atoms with Gasteiger partial charge in [0.1, 0.15) is 0 Å². The summed E-state index contributed by atoms with van der Waals surface area (Å²) in [5.74, 6) is -2.05. The standard InChI is InChI=1S/C11H17F2N3O/c1-3-14-7(2)9-15-16-10(17-9)8-4-5-11(12,13)6-8/h7-8,14H,3-6H2,1-2H3. The Morgan fingerprint density at radius 1 is 1.53 bits per heavy atom. The van der Waals surface area contributed by atoms with E-state index in [4.69, 9.17) is 4.42 Å². The highest BCUT2D eigenvalue weighted by molar-refractivity contribution is 5.00. The average Bonchev–Trinajstić information content (AvgIpc) is 2.84. The lowest BCUT2D eigenvalue weighted by Gasteiger charge is -2.07. The van der Waals surface area contributed by atoms with Gasteiger partial charge in [-0.25, -0.2) is 8.78 Å². The van der Waals surface area contributed by atoms with E-state index in [1.807, 2.05) is 13.8 Å². The minimum Gasteiger partial charge on any atom is -0.423 e. The van der Waals surface area contributed by atoms with Crippen LogP contribution in [-0.2, 0) is 0 Å². The predicted molar refractivity (Wildman–Crippen MR) is 57.9 cm³/mol. The Hall–Kier alpha value is -1.04. The normalized spacial score (nSPS) is 25.1. The summed E-state index contributed by atoms with van der Waals surface area (Å²) in [5, 5.41) is 10.9. The average molecular weight is 245 g/mol. The molecule has 0 aromatic carbocycles. The van der Waals surface area contributed by atoms with Crippen molar-refractivity contribution in [3.63, 3.8) is 0 Å². The van der Waals surface area contributed by atoms with Crippen LogP contribution in [0.2, 0.25) is 0 Å². The van der Waals surface area contributed by atoms with Crippen molar-refractivity contribution in [2.75, 3.05) is 6.54 Å². The third kappa shape index (κ3) is 2.80. The van der Waals surface area contributed by atoms with Gasteiger partial charge in [-0.3, -0.25) is 0 Å². The Morgan fingerprint density at radius 3 is 2.88 bits per heavy atom. The third-order valence-electron chi connectivity index (χ3n) is 3.09. The van der Waals surface area contributed by atoms with Crippen molar-refractivity contribution in [1.29, 1.82) is 0 Å². The molecule has 1 heterocycles. The molecule has 17 heavy (non-hydrogen) atoms. The molecule has 1 fully saturated rings. The molecule has 1 aromatic rings. The van der Waals surface area contributed by atoms with Gasteiger partial charge < -0.3 is 9.73 Å². The molecule has 4 nitrogen and oxygen atoms in total. The lowest BCUT2D eigenvalue weighted by Crippen LogP contribution is -2.17. The summed E-state index contributed by atoms with van der Waals surface area (Å²) in [6, 6.07) is -0.0387. The molecule has 2 unspecified atom stereocenters. The van der Waals surface area contributed by atoms with Crippen LogP contribution in [0.25, 0.3) is 0 Å². The van der Waals surface area contributed by atoms with E-state index in [9.17, 15) is 8.78 Å². The van der Waals surface area contributed by atoms with Gasteiger partial charge in [0.25, 0.3) is 0 Å². The first kappa shape index (κ1) is 12.4. The smallest absolute Gasteiger partial charge is 0.248 e. The zero-order valence-corrected chi connectivity index (χ0v) is 10.0. The van der Waals surface area contributed by atoms with Crippen molar-refractivity contribution in [3.8, 4) is 0 Å². The van der Waals surface area contributed by atoms with E-state index in [0.29, 0.717) is 18.2 Å². The SMILES string of the molecule is CCNC(C)c1nnc(C2CCC(F)(F)C2)o1. The van der Waals surface area contributed by atoms with Gasteiger partial charge in [0, 0.05) is 18.8 Å². The van der Waals surface area contributed by atoms with Gasteiger partial charge >= 0.3 is 0 Å². The number of hydrogen-bond acceptors (Lipinski definition) is 4. The molecule has 0 radical (unpaired) electrons. The van der Waals surface area contributed by atoms with Crippen molar-refractivity contribution in [2.45, 2.75) is 51.0 Å². The van der Waals surface area contributed by atoms with Gasteiger partial charge in [-0.1, -0.05) is 6.92 Å². The second-order valence-electron chi connectivity index (χ2n) is 4.55. The van der Waals surface area contributed by atoms with E-state index in [-0.39, 0.29) is 24.8 Å². The van der Waals surface area contributed by atoms with Crippen LogP contribution in [0, 0.1) is 0 Å². The maximum atomic E-state index is 13.1. The zero-order valence-electron chi connectivity index (χ0n) is 10.0. The Labute approximate surface area is 98.8 Å². The molecular weight excluding hydrogens is 228 g/mol. The molecular formula is C11H17F2N3O. The number of nitrogens with one attached hydrogen (secondary N) is 1. The number of rotatable bonds is 4. The summed E-state index contributed by atoms with van der Waals surface area (Å²) in [7, 11) is 0. The van der Waals surface area contributed by atoms with Crippen molar-refractivity contribution in [1.82, 2.24) is 15.5 Å². The summed E-state index contributed by atoms with van der Waals surface area (Å²) in [6.45, 7) is 4.68. The second kappa shape index (κ2) is 4.68. The molecule has 2 rings (SSSR count). The maximum Gasteiger partial charge on any atom is 0.248 e. The van der Waals surface area contributed by atoms with E-state index in [0.717, 1.165) is 6.54 Å². The zero-order chi connectivity index (χ0) is 12.5.